The molecule has 4 aromatic rings. The summed E-state index contributed by atoms with van der Waals surface area (Å²) in [6.07, 6.45) is 4.66. The molecule has 0 bridgehead atoms. The van der Waals surface area contributed by atoms with Gasteiger partial charge in [-0.2, -0.15) is 0 Å². The minimum Gasteiger partial charge on any atom is -0.497 e. The molecule has 154 valence electrons. The molecule has 0 radical (unpaired) electrons. The fourth-order valence-electron chi connectivity index (χ4n) is 3.88. The SMILES string of the molecule is COc1ccc(NC(=O)CSc2nnc3c4c5c(sc4nc(C)n23)CCCC5)cc1. The number of ether oxygens (including phenoxy) is 1. The van der Waals surface area contributed by atoms with Gasteiger partial charge in [0.05, 0.1) is 18.2 Å². The molecule has 3 aromatic heterocycles. The van der Waals surface area contributed by atoms with Gasteiger partial charge in [-0.15, -0.1) is 21.5 Å². The number of rotatable bonds is 5. The van der Waals surface area contributed by atoms with Gasteiger partial charge in [0.15, 0.2) is 10.8 Å². The van der Waals surface area contributed by atoms with Crippen LogP contribution in [0.5, 0.6) is 5.75 Å². The molecule has 1 aliphatic carbocycles. The number of carbonyl (C=O) groups is 1. The Labute approximate surface area is 181 Å². The summed E-state index contributed by atoms with van der Waals surface area (Å²) in [6.45, 7) is 1.97. The Bertz CT molecular complexity index is 1250. The van der Waals surface area contributed by atoms with Crippen LogP contribution in [0.4, 0.5) is 5.69 Å². The molecule has 5 rings (SSSR count). The van der Waals surface area contributed by atoms with E-state index in [1.165, 1.54) is 35.0 Å². The normalized spacial score (nSPS) is 13.5. The van der Waals surface area contributed by atoms with Gasteiger partial charge in [-0.25, -0.2) is 4.98 Å². The number of methoxy groups -OCH3 is 1. The van der Waals surface area contributed by atoms with Crippen LogP contribution < -0.4 is 10.1 Å². The molecule has 0 saturated heterocycles. The van der Waals surface area contributed by atoms with Gasteiger partial charge in [0.1, 0.15) is 16.4 Å². The van der Waals surface area contributed by atoms with Crippen LogP contribution in [-0.2, 0) is 17.6 Å². The zero-order valence-electron chi connectivity index (χ0n) is 16.8. The number of carbonyl (C=O) groups excluding carboxylic acids is 1. The van der Waals surface area contributed by atoms with Gasteiger partial charge in [0.2, 0.25) is 5.91 Å². The third-order valence-electron chi connectivity index (χ3n) is 5.30. The van der Waals surface area contributed by atoms with Crippen molar-refractivity contribution in [3.8, 4) is 5.75 Å². The number of aryl methyl sites for hydroxylation is 3. The number of anilines is 1. The molecule has 1 N–H and O–H groups in total. The summed E-state index contributed by atoms with van der Waals surface area (Å²) in [4.78, 5) is 19.7. The number of hydrogen-bond acceptors (Lipinski definition) is 7. The number of hydrogen-bond donors (Lipinski definition) is 1. The highest BCUT2D eigenvalue weighted by atomic mass is 32.2. The molecule has 30 heavy (non-hydrogen) atoms. The monoisotopic (exact) mass is 439 g/mol. The van der Waals surface area contributed by atoms with Crippen molar-refractivity contribution in [2.45, 2.75) is 37.8 Å². The van der Waals surface area contributed by atoms with Gasteiger partial charge in [0.25, 0.3) is 0 Å². The van der Waals surface area contributed by atoms with Crippen LogP contribution in [0, 0.1) is 6.92 Å². The Morgan fingerprint density at radius 1 is 1.23 bits per heavy atom. The van der Waals surface area contributed by atoms with Crippen LogP contribution in [0.3, 0.4) is 0 Å². The lowest BCUT2D eigenvalue weighted by atomic mass is 9.97. The number of nitrogens with one attached hydrogen (secondary N) is 1. The maximum absolute atomic E-state index is 12.4. The Kier molecular flexibility index (Phi) is 5.08. The van der Waals surface area contributed by atoms with Gasteiger partial charge >= 0.3 is 0 Å². The second-order valence-corrected chi connectivity index (χ2v) is 9.28. The molecule has 0 spiro atoms. The average Bonchev–Trinajstić information content (AvgIpc) is 3.34. The topological polar surface area (TPSA) is 81.4 Å². The maximum atomic E-state index is 12.4. The van der Waals surface area contributed by atoms with Crippen molar-refractivity contribution in [1.82, 2.24) is 19.6 Å². The number of benzene rings is 1. The van der Waals surface area contributed by atoms with Crippen LogP contribution >= 0.6 is 23.1 Å². The predicted molar refractivity (Wildman–Crippen MR) is 120 cm³/mol. The molecular weight excluding hydrogens is 418 g/mol. The molecule has 0 atom stereocenters. The van der Waals surface area contributed by atoms with Crippen LogP contribution in [0.2, 0.25) is 0 Å². The summed E-state index contributed by atoms with van der Waals surface area (Å²) in [5.41, 5.74) is 2.98. The number of nitrogens with zero attached hydrogens (tertiary/aromatic N) is 4. The van der Waals surface area contributed by atoms with E-state index in [0.717, 1.165) is 46.0 Å². The van der Waals surface area contributed by atoms with Crippen LogP contribution in [-0.4, -0.2) is 38.4 Å². The molecule has 0 saturated carbocycles. The molecule has 1 aromatic carbocycles. The Hall–Kier alpha value is -2.65. The highest BCUT2D eigenvalue weighted by molar-refractivity contribution is 7.99. The molecular formula is C21H21N5O2S2. The molecule has 1 amide bonds. The van der Waals surface area contributed by atoms with Crippen molar-refractivity contribution in [3.63, 3.8) is 0 Å². The summed E-state index contributed by atoms with van der Waals surface area (Å²) in [7, 11) is 1.61. The van der Waals surface area contributed by atoms with E-state index in [1.54, 1.807) is 18.4 Å². The maximum Gasteiger partial charge on any atom is 0.234 e. The van der Waals surface area contributed by atoms with Gasteiger partial charge in [0, 0.05) is 10.6 Å². The fourth-order valence-corrected chi connectivity index (χ4v) is 5.96. The second-order valence-electron chi connectivity index (χ2n) is 7.26. The lowest BCUT2D eigenvalue weighted by molar-refractivity contribution is -0.113. The van der Waals surface area contributed by atoms with E-state index in [0.29, 0.717) is 5.16 Å². The molecule has 1 aliphatic rings. The summed E-state index contributed by atoms with van der Waals surface area (Å²) in [5, 5.41) is 13.6. The van der Waals surface area contributed by atoms with E-state index in [4.69, 9.17) is 9.72 Å². The summed E-state index contributed by atoms with van der Waals surface area (Å²) < 4.78 is 7.12. The minimum atomic E-state index is -0.0958. The largest absolute Gasteiger partial charge is 0.497 e. The van der Waals surface area contributed by atoms with Crippen molar-refractivity contribution in [2.24, 2.45) is 0 Å². The van der Waals surface area contributed by atoms with E-state index in [1.807, 2.05) is 35.6 Å². The average molecular weight is 440 g/mol. The Morgan fingerprint density at radius 3 is 2.83 bits per heavy atom. The first-order valence-corrected chi connectivity index (χ1v) is 11.7. The van der Waals surface area contributed by atoms with E-state index < -0.39 is 0 Å². The second kappa shape index (κ2) is 7.88. The van der Waals surface area contributed by atoms with Crippen molar-refractivity contribution >= 4 is 50.6 Å². The van der Waals surface area contributed by atoms with Crippen molar-refractivity contribution in [3.05, 3.63) is 40.5 Å². The lowest BCUT2D eigenvalue weighted by Crippen LogP contribution is -2.14. The number of thiophene rings is 1. The fraction of sp³-hybridized carbons (Fsp3) is 0.333. The first-order chi connectivity index (χ1) is 14.6. The number of aromatic nitrogens is 4. The van der Waals surface area contributed by atoms with Gasteiger partial charge < -0.3 is 10.1 Å². The number of fused-ring (bicyclic) bond motifs is 5. The van der Waals surface area contributed by atoms with Crippen LogP contribution in [0.25, 0.3) is 15.9 Å². The van der Waals surface area contributed by atoms with Crippen molar-refractivity contribution in [2.75, 3.05) is 18.2 Å². The molecule has 3 heterocycles. The quantitative estimate of drug-likeness (QED) is 0.468. The first kappa shape index (κ1) is 19.3. The third-order valence-corrected chi connectivity index (χ3v) is 7.42. The standard InChI is InChI=1S/C21H21N5O2S2/c1-12-22-20-18(15-5-3-4-6-16(15)30-20)19-24-25-21(26(12)19)29-11-17(27)23-13-7-9-14(28-2)10-8-13/h7-10H,3-6,11H2,1-2H3,(H,23,27). The van der Waals surface area contributed by atoms with Crippen LogP contribution in [0.1, 0.15) is 29.1 Å². The first-order valence-electron chi connectivity index (χ1n) is 9.86. The Balaban J connectivity index is 1.39. The molecule has 0 unspecified atom stereocenters. The van der Waals surface area contributed by atoms with Crippen molar-refractivity contribution < 1.29 is 9.53 Å². The van der Waals surface area contributed by atoms with E-state index in [9.17, 15) is 4.79 Å². The van der Waals surface area contributed by atoms with Crippen molar-refractivity contribution in [1.29, 1.82) is 0 Å². The third kappa shape index (κ3) is 3.41. The zero-order valence-corrected chi connectivity index (χ0v) is 18.4. The molecule has 9 heteroatoms. The highest BCUT2D eigenvalue weighted by Gasteiger charge is 2.22. The van der Waals surface area contributed by atoms with E-state index >= 15 is 0 Å². The zero-order chi connectivity index (χ0) is 20.7. The van der Waals surface area contributed by atoms with Gasteiger partial charge in [-0.3, -0.25) is 9.20 Å². The minimum absolute atomic E-state index is 0.0958. The summed E-state index contributed by atoms with van der Waals surface area (Å²) >= 11 is 3.16. The van der Waals surface area contributed by atoms with E-state index in [-0.39, 0.29) is 11.7 Å². The van der Waals surface area contributed by atoms with Gasteiger partial charge in [-0.05, 0) is 62.4 Å². The predicted octanol–water partition coefficient (Wildman–Crippen LogP) is 4.27. The lowest BCUT2D eigenvalue weighted by Gasteiger charge is -2.10. The van der Waals surface area contributed by atoms with E-state index in [2.05, 4.69) is 15.5 Å². The van der Waals surface area contributed by atoms with Gasteiger partial charge in [-0.1, -0.05) is 11.8 Å². The summed E-state index contributed by atoms with van der Waals surface area (Å²) in [5.74, 6) is 1.74. The number of amides is 1. The molecule has 0 aliphatic heterocycles. The Morgan fingerprint density at radius 2 is 2.03 bits per heavy atom. The van der Waals surface area contributed by atoms with Crippen LogP contribution in [0.15, 0.2) is 29.4 Å². The molecule has 7 nitrogen and oxygen atoms in total. The smallest absolute Gasteiger partial charge is 0.234 e. The molecule has 0 fully saturated rings. The number of thioether (sulfide) groups is 1. The highest BCUT2D eigenvalue weighted by Crippen LogP contribution is 2.38. The summed E-state index contributed by atoms with van der Waals surface area (Å²) in [6, 6.07) is 7.27.